The van der Waals surface area contributed by atoms with Crippen LogP contribution in [0.3, 0.4) is 0 Å². The minimum Gasteiger partial charge on any atom is -0.480 e. The van der Waals surface area contributed by atoms with Crippen molar-refractivity contribution in [1.82, 2.24) is 25.2 Å². The van der Waals surface area contributed by atoms with Crippen molar-refractivity contribution in [2.45, 2.75) is 46.7 Å². The van der Waals surface area contributed by atoms with Gasteiger partial charge in [0.25, 0.3) is 0 Å². The number of nitrogens with zero attached hydrogens (tertiary/aromatic N) is 4. The summed E-state index contributed by atoms with van der Waals surface area (Å²) < 4.78 is 5.62. The zero-order valence-corrected chi connectivity index (χ0v) is 26.4. The maximum absolute atomic E-state index is 13.4. The summed E-state index contributed by atoms with van der Waals surface area (Å²) in [6, 6.07) is 13.3. The predicted molar refractivity (Wildman–Crippen MR) is 171 cm³/mol. The third-order valence-corrected chi connectivity index (χ3v) is 9.09. The lowest BCUT2D eigenvalue weighted by Crippen LogP contribution is -2.52. The van der Waals surface area contributed by atoms with E-state index in [2.05, 4.69) is 29.0 Å². The van der Waals surface area contributed by atoms with Crippen LogP contribution in [0.1, 0.15) is 52.4 Å². The van der Waals surface area contributed by atoms with E-state index < -0.39 is 0 Å². The Balaban J connectivity index is 1.27. The Bertz CT molecular complexity index is 1710. The molecule has 0 bridgehead atoms. The molecular weight excluding hydrogens is 581 g/mol. The highest BCUT2D eigenvalue weighted by Crippen LogP contribution is 2.40. The van der Waals surface area contributed by atoms with Crippen molar-refractivity contribution in [2.75, 3.05) is 26.7 Å². The molecule has 0 radical (unpaired) electrons. The van der Waals surface area contributed by atoms with Gasteiger partial charge < -0.3 is 10.1 Å². The number of benzene rings is 2. The first-order valence-corrected chi connectivity index (χ1v) is 15.3. The summed E-state index contributed by atoms with van der Waals surface area (Å²) in [5.41, 5.74) is 8.45. The summed E-state index contributed by atoms with van der Waals surface area (Å²) in [5.74, 6) is 0.420. The molecule has 1 N–H and O–H groups in total. The number of carbonyl (C=O) groups excluding carboxylic acids is 1. The summed E-state index contributed by atoms with van der Waals surface area (Å²) in [6.07, 6.45) is 2.81. The van der Waals surface area contributed by atoms with Crippen molar-refractivity contribution in [3.05, 3.63) is 92.5 Å². The molecule has 1 fully saturated rings. The Morgan fingerprint density at radius 1 is 1.05 bits per heavy atom. The lowest BCUT2D eigenvalue weighted by atomic mass is 9.84. The predicted octanol–water partition coefficient (Wildman–Crippen LogP) is 6.74. The molecule has 0 unspecified atom stereocenters. The van der Waals surface area contributed by atoms with Gasteiger partial charge in [0.2, 0.25) is 5.88 Å². The Morgan fingerprint density at radius 3 is 2.51 bits per heavy atom. The van der Waals surface area contributed by atoms with Gasteiger partial charge in [0.1, 0.15) is 11.4 Å². The van der Waals surface area contributed by atoms with E-state index in [0.717, 1.165) is 65.3 Å². The topological polar surface area (TPSA) is 80.2 Å². The van der Waals surface area contributed by atoms with Gasteiger partial charge in [-0.3, -0.25) is 14.7 Å². The summed E-state index contributed by atoms with van der Waals surface area (Å²) in [5, 5.41) is 4.33. The van der Waals surface area contributed by atoms with Gasteiger partial charge in [-0.1, -0.05) is 73.4 Å². The van der Waals surface area contributed by atoms with Gasteiger partial charge in [0.15, 0.2) is 5.78 Å². The van der Waals surface area contributed by atoms with Gasteiger partial charge in [-0.05, 0) is 48.1 Å². The third-order valence-electron chi connectivity index (χ3n) is 8.24. The first kappa shape index (κ1) is 29.7. The number of aromatic nitrogens is 3. The maximum Gasteiger partial charge on any atom is 0.237 e. The average molecular weight is 617 g/mol. The van der Waals surface area contributed by atoms with E-state index in [9.17, 15) is 4.79 Å². The molecule has 0 amide bonds. The number of hydrogen-bond donors (Lipinski definition) is 1. The van der Waals surface area contributed by atoms with Crippen LogP contribution < -0.4 is 10.1 Å². The van der Waals surface area contributed by atoms with E-state index >= 15 is 0 Å². The molecule has 2 aromatic carbocycles. The minimum absolute atomic E-state index is 0.0698. The molecule has 0 aliphatic carbocycles. The number of likely N-dealkylation sites (tertiary alicyclic amines) is 1. The minimum atomic E-state index is -0.0698. The van der Waals surface area contributed by atoms with Crippen LogP contribution in [0, 0.1) is 12.3 Å². The molecule has 1 saturated heterocycles. The molecule has 4 aromatic rings. The maximum atomic E-state index is 13.4. The van der Waals surface area contributed by atoms with Gasteiger partial charge in [0, 0.05) is 49.3 Å². The van der Waals surface area contributed by atoms with Gasteiger partial charge in [-0.25, -0.2) is 9.97 Å². The van der Waals surface area contributed by atoms with Crippen LogP contribution in [-0.4, -0.2) is 52.4 Å². The number of carbonyl (C=O) groups is 1. The largest absolute Gasteiger partial charge is 0.480 e. The van der Waals surface area contributed by atoms with Crippen LogP contribution in [-0.2, 0) is 25.9 Å². The first-order valence-electron chi connectivity index (χ1n) is 14.6. The van der Waals surface area contributed by atoms with Gasteiger partial charge in [-0.15, -0.1) is 0 Å². The number of pyridine rings is 1. The fourth-order valence-corrected chi connectivity index (χ4v) is 6.85. The molecule has 4 heterocycles. The zero-order valence-electron chi connectivity index (χ0n) is 24.9. The summed E-state index contributed by atoms with van der Waals surface area (Å²) in [4.78, 5) is 29.9. The molecule has 6 rings (SSSR count). The van der Waals surface area contributed by atoms with Gasteiger partial charge >= 0.3 is 0 Å². The third kappa shape index (κ3) is 6.04. The summed E-state index contributed by atoms with van der Waals surface area (Å²) in [7, 11) is 1.61. The van der Waals surface area contributed by atoms with Gasteiger partial charge in [-0.2, -0.15) is 0 Å². The monoisotopic (exact) mass is 615 g/mol. The first-order chi connectivity index (χ1) is 20.6. The molecule has 222 valence electrons. The number of fused-ring (bicyclic) bond motifs is 1. The highest BCUT2D eigenvalue weighted by molar-refractivity contribution is 6.38. The van der Waals surface area contributed by atoms with Crippen molar-refractivity contribution < 1.29 is 9.53 Å². The van der Waals surface area contributed by atoms with E-state index in [1.54, 1.807) is 13.3 Å². The molecular formula is C34H35Cl2N5O2. The number of nitrogens with one attached hydrogen (secondary N) is 1. The van der Waals surface area contributed by atoms with Crippen LogP contribution in [0.15, 0.2) is 48.7 Å². The number of ether oxygens (including phenoxy) is 1. The lowest BCUT2D eigenvalue weighted by Gasteiger charge is -2.45. The second-order valence-corrected chi connectivity index (χ2v) is 13.0. The molecule has 9 heteroatoms. The Morgan fingerprint density at radius 2 is 1.77 bits per heavy atom. The van der Waals surface area contributed by atoms with Crippen molar-refractivity contribution >= 4 is 29.0 Å². The number of ketones is 1. The molecule has 43 heavy (non-hydrogen) atoms. The number of methoxy groups -OCH3 is 1. The van der Waals surface area contributed by atoms with Crippen molar-refractivity contribution in [2.24, 2.45) is 5.41 Å². The molecule has 0 saturated carbocycles. The van der Waals surface area contributed by atoms with Crippen LogP contribution in [0.4, 0.5) is 0 Å². The number of rotatable bonds is 8. The van der Waals surface area contributed by atoms with Crippen LogP contribution in [0.2, 0.25) is 10.0 Å². The average Bonchev–Trinajstić information content (AvgIpc) is 2.98. The van der Waals surface area contributed by atoms with E-state index in [0.29, 0.717) is 45.8 Å². The van der Waals surface area contributed by atoms with Crippen molar-refractivity contribution in [3.8, 4) is 28.3 Å². The fourth-order valence-electron chi connectivity index (χ4n) is 6.23. The van der Waals surface area contributed by atoms with Crippen molar-refractivity contribution in [1.29, 1.82) is 0 Å². The van der Waals surface area contributed by atoms with E-state index in [1.807, 2.05) is 49.4 Å². The van der Waals surface area contributed by atoms with Crippen LogP contribution in [0.5, 0.6) is 5.88 Å². The SMILES string of the molecule is COc1nc(-c2cccc(-c3cccc(CC(=O)c4cc(C)c5c(n4)CNCC5)c3Cl)c2Cl)cnc1CN1CC(C)(C)C1. The Labute approximate surface area is 262 Å². The number of halogens is 2. The van der Waals surface area contributed by atoms with Crippen molar-refractivity contribution in [3.63, 3.8) is 0 Å². The second kappa shape index (κ2) is 12.0. The van der Waals surface area contributed by atoms with E-state index in [1.165, 1.54) is 5.56 Å². The fraction of sp³-hybridized carbons (Fsp3) is 0.353. The lowest BCUT2D eigenvalue weighted by molar-refractivity contribution is 0.0225. The Kier molecular flexibility index (Phi) is 8.26. The zero-order chi connectivity index (χ0) is 30.3. The number of Topliss-reactive ketones (excluding diaryl/α,β-unsaturated/α-hetero) is 1. The van der Waals surface area contributed by atoms with E-state index in [4.69, 9.17) is 37.9 Å². The normalized spacial score (nSPS) is 16.0. The summed E-state index contributed by atoms with van der Waals surface area (Å²) >= 11 is 14.0. The molecule has 0 atom stereocenters. The Hall–Kier alpha value is -3.36. The molecule has 7 nitrogen and oxygen atoms in total. The van der Waals surface area contributed by atoms with Crippen LogP contribution >= 0.6 is 23.2 Å². The molecule has 2 aliphatic heterocycles. The number of hydrogen-bond acceptors (Lipinski definition) is 7. The number of aryl methyl sites for hydroxylation is 1. The molecule has 0 spiro atoms. The van der Waals surface area contributed by atoms with Gasteiger partial charge in [0.05, 0.1) is 34.7 Å². The quantitative estimate of drug-likeness (QED) is 0.220. The second-order valence-electron chi connectivity index (χ2n) is 12.2. The van der Waals surface area contributed by atoms with E-state index in [-0.39, 0.29) is 12.2 Å². The highest BCUT2D eigenvalue weighted by atomic mass is 35.5. The van der Waals surface area contributed by atoms with Crippen LogP contribution in [0.25, 0.3) is 22.4 Å². The highest BCUT2D eigenvalue weighted by Gasteiger charge is 2.34. The summed E-state index contributed by atoms with van der Waals surface area (Å²) in [6.45, 7) is 10.9. The molecule has 2 aromatic heterocycles. The molecule has 2 aliphatic rings. The standard InChI is InChI=1S/C34H35Cl2N5O2/c1-20-13-26(39-27-15-37-12-11-22(20)27)30(42)14-21-7-5-8-23(31(21)35)24-9-6-10-25(32(24)36)28-16-38-29(33(40-28)43-4)17-41-18-34(2,3)19-41/h5-10,13,16,37H,11-12,14-15,17-19H2,1-4H3. The smallest absolute Gasteiger partial charge is 0.237 e.